The van der Waals surface area contributed by atoms with Crippen LogP contribution in [0.5, 0.6) is 5.75 Å². The van der Waals surface area contributed by atoms with Crippen LogP contribution in [-0.2, 0) is 11.5 Å². The molecule has 6 heteroatoms. The molecule has 0 radical (unpaired) electrons. The Hall–Kier alpha value is -1.79. The minimum atomic E-state index is -0.331. The molecule has 2 heterocycles. The van der Waals surface area contributed by atoms with E-state index in [1.165, 1.54) is 13.2 Å². The van der Waals surface area contributed by atoms with Crippen molar-refractivity contribution in [2.45, 2.75) is 11.5 Å². The van der Waals surface area contributed by atoms with Gasteiger partial charge in [-0.1, -0.05) is 12.1 Å². The van der Waals surface area contributed by atoms with Crippen molar-refractivity contribution in [1.82, 2.24) is 4.98 Å². The fourth-order valence-electron chi connectivity index (χ4n) is 1.96. The molecule has 0 saturated heterocycles. The molecule has 1 aromatic carbocycles. The lowest BCUT2D eigenvalue weighted by Gasteiger charge is -2.04. The zero-order valence-corrected chi connectivity index (χ0v) is 13.5. The predicted octanol–water partition coefficient (Wildman–Crippen LogP) is 4.98. The van der Waals surface area contributed by atoms with Crippen molar-refractivity contribution in [3.8, 4) is 16.5 Å². The molecule has 0 atom stereocenters. The van der Waals surface area contributed by atoms with Crippen LogP contribution in [0, 0.1) is 5.82 Å². The first-order valence-corrected chi connectivity index (χ1v) is 8.68. The van der Waals surface area contributed by atoms with Gasteiger partial charge < -0.3 is 9.15 Å². The molecule has 0 aliphatic carbocycles. The first kappa shape index (κ1) is 15.1. The molecular formula is C16H14FNO2S2. The van der Waals surface area contributed by atoms with E-state index in [4.69, 9.17) is 9.15 Å². The number of thiophene rings is 1. The Labute approximate surface area is 136 Å². The van der Waals surface area contributed by atoms with Gasteiger partial charge in [0.2, 0.25) is 5.89 Å². The number of ether oxygens (including phenoxy) is 1. The van der Waals surface area contributed by atoms with Gasteiger partial charge in [-0.2, -0.15) is 11.8 Å². The van der Waals surface area contributed by atoms with Crippen molar-refractivity contribution in [1.29, 1.82) is 0 Å². The van der Waals surface area contributed by atoms with Crippen molar-refractivity contribution in [3.05, 3.63) is 59.0 Å². The highest BCUT2D eigenvalue weighted by molar-refractivity contribution is 7.97. The number of halogens is 1. The summed E-state index contributed by atoms with van der Waals surface area (Å²) < 4.78 is 24.0. The van der Waals surface area contributed by atoms with E-state index in [2.05, 4.69) is 4.98 Å². The lowest BCUT2D eigenvalue weighted by Crippen LogP contribution is -1.90. The van der Waals surface area contributed by atoms with E-state index in [-0.39, 0.29) is 11.6 Å². The molecule has 0 aliphatic rings. The molecule has 3 nitrogen and oxygen atoms in total. The summed E-state index contributed by atoms with van der Waals surface area (Å²) in [5.74, 6) is 2.03. The molecule has 0 unspecified atom stereocenters. The van der Waals surface area contributed by atoms with Crippen molar-refractivity contribution in [2.75, 3.05) is 7.11 Å². The van der Waals surface area contributed by atoms with E-state index < -0.39 is 0 Å². The van der Waals surface area contributed by atoms with Crippen LogP contribution in [0.4, 0.5) is 4.39 Å². The summed E-state index contributed by atoms with van der Waals surface area (Å²) in [4.78, 5) is 5.48. The maximum Gasteiger partial charge on any atom is 0.236 e. The number of aromatic nitrogens is 1. The van der Waals surface area contributed by atoms with Gasteiger partial charge in [-0.25, -0.2) is 9.37 Å². The highest BCUT2D eigenvalue weighted by Gasteiger charge is 2.08. The number of rotatable bonds is 6. The third kappa shape index (κ3) is 3.51. The normalized spacial score (nSPS) is 10.8. The molecule has 0 saturated carbocycles. The first-order chi connectivity index (χ1) is 10.8. The van der Waals surface area contributed by atoms with E-state index in [1.807, 2.05) is 23.6 Å². The van der Waals surface area contributed by atoms with Crippen molar-refractivity contribution < 1.29 is 13.5 Å². The molecule has 0 aliphatic heterocycles. The highest BCUT2D eigenvalue weighted by Crippen LogP contribution is 2.26. The van der Waals surface area contributed by atoms with Gasteiger partial charge in [0.15, 0.2) is 11.6 Å². The molecule has 0 fully saturated rings. The molecule has 22 heavy (non-hydrogen) atoms. The number of hydrogen-bond acceptors (Lipinski definition) is 5. The first-order valence-electron chi connectivity index (χ1n) is 6.64. The van der Waals surface area contributed by atoms with Gasteiger partial charge in [-0.3, -0.25) is 0 Å². The maximum absolute atomic E-state index is 13.6. The smallest absolute Gasteiger partial charge is 0.236 e. The second-order valence-corrected chi connectivity index (χ2v) is 6.52. The van der Waals surface area contributed by atoms with E-state index in [0.29, 0.717) is 11.6 Å². The summed E-state index contributed by atoms with van der Waals surface area (Å²) >= 11 is 3.26. The summed E-state index contributed by atoms with van der Waals surface area (Å²) in [5.41, 5.74) is 1.81. The SMILES string of the molecule is COc1ccc(CSCc2coc(-c3cccs3)n2)cc1F. The average molecular weight is 335 g/mol. The number of hydrogen-bond donors (Lipinski definition) is 0. The summed E-state index contributed by atoms with van der Waals surface area (Å²) in [5, 5.41) is 1.99. The molecule has 2 aromatic heterocycles. The standard InChI is InChI=1S/C16H14FNO2S2/c1-19-14-5-4-11(7-13(14)17)9-21-10-12-8-20-16(18-12)15-3-2-6-22-15/h2-8H,9-10H2,1H3. The summed E-state index contributed by atoms with van der Waals surface area (Å²) in [6.45, 7) is 0. The summed E-state index contributed by atoms with van der Waals surface area (Å²) in [6.07, 6.45) is 1.68. The van der Waals surface area contributed by atoms with Crippen LogP contribution < -0.4 is 4.74 Å². The zero-order chi connectivity index (χ0) is 15.4. The van der Waals surface area contributed by atoms with E-state index >= 15 is 0 Å². The van der Waals surface area contributed by atoms with Gasteiger partial charge in [0.25, 0.3) is 0 Å². The molecule has 0 bridgehead atoms. The Morgan fingerprint density at radius 3 is 2.95 bits per heavy atom. The Kier molecular flexibility index (Phi) is 4.80. The minimum absolute atomic E-state index is 0.269. The second kappa shape index (κ2) is 6.98. The van der Waals surface area contributed by atoms with E-state index in [1.54, 1.807) is 35.4 Å². The number of benzene rings is 1. The summed E-state index contributed by atoms with van der Waals surface area (Å²) in [7, 11) is 1.46. The zero-order valence-electron chi connectivity index (χ0n) is 11.9. The van der Waals surface area contributed by atoms with Crippen molar-refractivity contribution >= 4 is 23.1 Å². The summed E-state index contributed by atoms with van der Waals surface area (Å²) in [6, 6.07) is 8.97. The Morgan fingerprint density at radius 2 is 2.23 bits per heavy atom. The third-order valence-electron chi connectivity index (χ3n) is 3.02. The fourth-order valence-corrected chi connectivity index (χ4v) is 3.47. The lowest BCUT2D eigenvalue weighted by atomic mass is 10.2. The predicted molar refractivity (Wildman–Crippen MR) is 87.8 cm³/mol. The number of methoxy groups -OCH3 is 1. The molecule has 0 spiro atoms. The number of nitrogens with zero attached hydrogens (tertiary/aromatic N) is 1. The van der Waals surface area contributed by atoms with Gasteiger partial charge in [0.1, 0.15) is 6.26 Å². The minimum Gasteiger partial charge on any atom is -0.494 e. The molecular weight excluding hydrogens is 321 g/mol. The van der Waals surface area contributed by atoms with E-state index in [0.717, 1.165) is 21.9 Å². The Morgan fingerprint density at radius 1 is 1.32 bits per heavy atom. The van der Waals surface area contributed by atoms with Crippen LogP contribution in [0.25, 0.3) is 10.8 Å². The van der Waals surface area contributed by atoms with Gasteiger partial charge in [-0.05, 0) is 29.1 Å². The largest absolute Gasteiger partial charge is 0.494 e. The van der Waals surface area contributed by atoms with Crippen molar-refractivity contribution in [3.63, 3.8) is 0 Å². The second-order valence-electron chi connectivity index (χ2n) is 4.58. The Bertz CT molecular complexity index is 740. The molecule has 0 amide bonds. The Balaban J connectivity index is 1.56. The molecule has 114 valence electrons. The quantitative estimate of drug-likeness (QED) is 0.636. The van der Waals surface area contributed by atoms with Crippen molar-refractivity contribution in [2.24, 2.45) is 0 Å². The van der Waals surface area contributed by atoms with E-state index in [9.17, 15) is 4.39 Å². The molecule has 0 N–H and O–H groups in total. The molecule has 3 aromatic rings. The van der Waals surface area contributed by atoms with Gasteiger partial charge in [0, 0.05) is 11.5 Å². The van der Waals surface area contributed by atoms with Gasteiger partial charge in [0.05, 0.1) is 17.7 Å². The van der Waals surface area contributed by atoms with Crippen LogP contribution in [0.1, 0.15) is 11.3 Å². The topological polar surface area (TPSA) is 35.3 Å². The van der Waals surface area contributed by atoms with Crippen LogP contribution >= 0.6 is 23.1 Å². The lowest BCUT2D eigenvalue weighted by molar-refractivity contribution is 0.386. The van der Waals surface area contributed by atoms with Crippen LogP contribution in [0.2, 0.25) is 0 Å². The molecule has 3 rings (SSSR count). The monoisotopic (exact) mass is 335 g/mol. The van der Waals surface area contributed by atoms with Gasteiger partial charge in [-0.15, -0.1) is 11.3 Å². The average Bonchev–Trinajstić information content (AvgIpc) is 3.18. The van der Waals surface area contributed by atoms with Crippen LogP contribution in [0.3, 0.4) is 0 Å². The number of thioether (sulfide) groups is 1. The number of oxazole rings is 1. The van der Waals surface area contributed by atoms with Gasteiger partial charge >= 0.3 is 0 Å². The maximum atomic E-state index is 13.6. The van der Waals surface area contributed by atoms with Crippen LogP contribution in [-0.4, -0.2) is 12.1 Å². The van der Waals surface area contributed by atoms with Crippen LogP contribution in [0.15, 0.2) is 46.4 Å². The third-order valence-corrected chi connectivity index (χ3v) is 4.91. The fraction of sp³-hybridized carbons (Fsp3) is 0.188. The highest BCUT2D eigenvalue weighted by atomic mass is 32.2.